The second-order valence-electron chi connectivity index (χ2n) is 3.49. The van der Waals surface area contributed by atoms with Crippen LogP contribution in [0.5, 0.6) is 0 Å². The van der Waals surface area contributed by atoms with Crippen molar-refractivity contribution in [2.75, 3.05) is 11.9 Å². The topological polar surface area (TPSA) is 68.0 Å². The molecule has 0 spiro atoms. The van der Waals surface area contributed by atoms with E-state index in [9.17, 15) is 4.79 Å². The first-order chi connectivity index (χ1) is 8.29. The van der Waals surface area contributed by atoms with Crippen molar-refractivity contribution in [3.05, 3.63) is 46.4 Å². The zero-order valence-corrected chi connectivity index (χ0v) is 10.0. The molecule has 0 aliphatic carbocycles. The number of hydrogen-bond donors (Lipinski definition) is 2. The molecule has 2 aromatic rings. The van der Waals surface area contributed by atoms with E-state index >= 15 is 0 Å². The molecular weight excluding hydrogens is 234 g/mol. The number of nitrogens with one attached hydrogen (secondary N) is 1. The van der Waals surface area contributed by atoms with Crippen molar-refractivity contribution in [3.63, 3.8) is 0 Å². The molecular formula is C12H13N3OS. The summed E-state index contributed by atoms with van der Waals surface area (Å²) in [4.78, 5) is 16.1. The van der Waals surface area contributed by atoms with Crippen LogP contribution in [-0.2, 0) is 6.42 Å². The Labute approximate surface area is 103 Å². The summed E-state index contributed by atoms with van der Waals surface area (Å²) in [5.74, 6) is -0.185. The maximum absolute atomic E-state index is 11.8. The number of para-hydroxylation sites is 1. The van der Waals surface area contributed by atoms with Gasteiger partial charge in [-0.05, 0) is 18.7 Å². The van der Waals surface area contributed by atoms with E-state index in [0.29, 0.717) is 18.7 Å². The Bertz CT molecular complexity index is 495. The van der Waals surface area contributed by atoms with Crippen LogP contribution < -0.4 is 11.1 Å². The summed E-state index contributed by atoms with van der Waals surface area (Å²) in [7, 11) is 0. The largest absolute Gasteiger partial charge is 0.330 e. The van der Waals surface area contributed by atoms with Crippen LogP contribution in [-0.4, -0.2) is 17.4 Å². The minimum absolute atomic E-state index is 0.185. The highest BCUT2D eigenvalue weighted by Crippen LogP contribution is 2.12. The lowest BCUT2D eigenvalue weighted by molar-refractivity contribution is 0.102. The Balaban J connectivity index is 2.04. The predicted molar refractivity (Wildman–Crippen MR) is 69.3 cm³/mol. The summed E-state index contributed by atoms with van der Waals surface area (Å²) >= 11 is 1.46. The van der Waals surface area contributed by atoms with Crippen molar-refractivity contribution in [2.45, 2.75) is 6.42 Å². The van der Waals surface area contributed by atoms with E-state index in [1.165, 1.54) is 11.3 Å². The number of rotatable bonds is 4. The molecule has 1 aromatic heterocycles. The van der Waals surface area contributed by atoms with Crippen LogP contribution in [0.15, 0.2) is 35.7 Å². The summed E-state index contributed by atoms with van der Waals surface area (Å²) in [6.45, 7) is 0.549. The van der Waals surface area contributed by atoms with Crippen molar-refractivity contribution < 1.29 is 4.79 Å². The van der Waals surface area contributed by atoms with Gasteiger partial charge < -0.3 is 11.1 Å². The number of amides is 1. The monoisotopic (exact) mass is 247 g/mol. The van der Waals surface area contributed by atoms with E-state index in [1.807, 2.05) is 30.3 Å². The number of nitrogens with two attached hydrogens (primary N) is 1. The lowest BCUT2D eigenvalue weighted by Gasteiger charge is -2.01. The number of thiazole rings is 1. The maximum Gasteiger partial charge on any atom is 0.275 e. The van der Waals surface area contributed by atoms with Gasteiger partial charge in [-0.3, -0.25) is 4.79 Å². The summed E-state index contributed by atoms with van der Waals surface area (Å²) < 4.78 is 0. The third-order valence-electron chi connectivity index (χ3n) is 2.17. The molecule has 4 nitrogen and oxygen atoms in total. The normalized spacial score (nSPS) is 10.2. The second-order valence-corrected chi connectivity index (χ2v) is 4.43. The molecule has 0 aliphatic heterocycles. The van der Waals surface area contributed by atoms with Gasteiger partial charge in [0.15, 0.2) is 0 Å². The SMILES string of the molecule is NCCc1nc(C(=O)Nc2ccccc2)cs1. The fraction of sp³-hybridized carbons (Fsp3) is 0.167. The Hall–Kier alpha value is -1.72. The van der Waals surface area contributed by atoms with E-state index in [4.69, 9.17) is 5.73 Å². The van der Waals surface area contributed by atoms with Gasteiger partial charge in [0.2, 0.25) is 0 Å². The number of nitrogens with zero attached hydrogens (tertiary/aromatic N) is 1. The number of anilines is 1. The first-order valence-corrected chi connectivity index (χ1v) is 6.18. The maximum atomic E-state index is 11.8. The zero-order chi connectivity index (χ0) is 12.1. The van der Waals surface area contributed by atoms with Gasteiger partial charge in [-0.2, -0.15) is 0 Å². The number of aromatic nitrogens is 1. The first kappa shape index (κ1) is 11.8. The first-order valence-electron chi connectivity index (χ1n) is 5.30. The van der Waals surface area contributed by atoms with Gasteiger partial charge >= 0.3 is 0 Å². The van der Waals surface area contributed by atoms with Gasteiger partial charge in [-0.15, -0.1) is 11.3 Å². The summed E-state index contributed by atoms with van der Waals surface area (Å²) in [5, 5.41) is 5.44. The lowest BCUT2D eigenvalue weighted by atomic mass is 10.3. The Morgan fingerprint density at radius 2 is 2.12 bits per heavy atom. The van der Waals surface area contributed by atoms with Crippen molar-refractivity contribution in [1.29, 1.82) is 0 Å². The fourth-order valence-electron chi connectivity index (χ4n) is 1.37. The summed E-state index contributed by atoms with van der Waals surface area (Å²) in [5.41, 5.74) is 6.65. The molecule has 0 atom stereocenters. The molecule has 5 heteroatoms. The predicted octanol–water partition coefficient (Wildman–Crippen LogP) is 1.90. The third kappa shape index (κ3) is 3.12. The van der Waals surface area contributed by atoms with E-state index in [0.717, 1.165) is 10.7 Å². The van der Waals surface area contributed by atoms with Gasteiger partial charge in [0.1, 0.15) is 5.69 Å². The Morgan fingerprint density at radius 1 is 1.35 bits per heavy atom. The molecule has 0 fully saturated rings. The molecule has 0 unspecified atom stereocenters. The number of hydrogen-bond acceptors (Lipinski definition) is 4. The molecule has 0 radical (unpaired) electrons. The van der Waals surface area contributed by atoms with E-state index in [1.54, 1.807) is 5.38 Å². The molecule has 0 saturated carbocycles. The molecule has 0 bridgehead atoms. The molecule has 0 saturated heterocycles. The minimum atomic E-state index is -0.185. The van der Waals surface area contributed by atoms with Crippen molar-refractivity contribution in [1.82, 2.24) is 4.98 Å². The van der Waals surface area contributed by atoms with Gasteiger partial charge in [-0.25, -0.2) is 4.98 Å². The van der Waals surface area contributed by atoms with Crippen LogP contribution in [0.2, 0.25) is 0 Å². The molecule has 3 N–H and O–H groups in total. The van der Waals surface area contributed by atoms with Crippen molar-refractivity contribution >= 4 is 22.9 Å². The second kappa shape index (κ2) is 5.56. The molecule has 2 rings (SSSR count). The number of carbonyl (C=O) groups is 1. The lowest BCUT2D eigenvalue weighted by Crippen LogP contribution is -2.12. The van der Waals surface area contributed by atoms with Crippen molar-refractivity contribution in [2.24, 2.45) is 5.73 Å². The number of benzene rings is 1. The molecule has 0 aliphatic rings. The van der Waals surface area contributed by atoms with Crippen LogP contribution in [0, 0.1) is 0 Å². The van der Waals surface area contributed by atoms with Gasteiger partial charge in [0.05, 0.1) is 5.01 Å². The fourth-order valence-corrected chi connectivity index (χ4v) is 2.16. The van der Waals surface area contributed by atoms with Crippen LogP contribution in [0.3, 0.4) is 0 Å². The highest BCUT2D eigenvalue weighted by molar-refractivity contribution is 7.09. The molecule has 1 aromatic carbocycles. The quantitative estimate of drug-likeness (QED) is 0.867. The van der Waals surface area contributed by atoms with Crippen LogP contribution in [0.4, 0.5) is 5.69 Å². The average Bonchev–Trinajstić information content (AvgIpc) is 2.79. The summed E-state index contributed by atoms with van der Waals surface area (Å²) in [6, 6.07) is 9.32. The molecule has 88 valence electrons. The van der Waals surface area contributed by atoms with Crippen LogP contribution >= 0.6 is 11.3 Å². The van der Waals surface area contributed by atoms with Crippen molar-refractivity contribution in [3.8, 4) is 0 Å². The van der Waals surface area contributed by atoms with Crippen LogP contribution in [0.25, 0.3) is 0 Å². The van der Waals surface area contributed by atoms with E-state index in [-0.39, 0.29) is 5.91 Å². The highest BCUT2D eigenvalue weighted by Gasteiger charge is 2.10. The number of carbonyl (C=O) groups excluding carboxylic acids is 1. The molecule has 1 heterocycles. The summed E-state index contributed by atoms with van der Waals surface area (Å²) in [6.07, 6.45) is 0.712. The average molecular weight is 247 g/mol. The van der Waals surface area contributed by atoms with E-state index in [2.05, 4.69) is 10.3 Å². The molecule has 1 amide bonds. The van der Waals surface area contributed by atoms with E-state index < -0.39 is 0 Å². The van der Waals surface area contributed by atoms with Gasteiger partial charge in [0.25, 0.3) is 5.91 Å². The minimum Gasteiger partial charge on any atom is -0.330 e. The Kier molecular flexibility index (Phi) is 3.85. The van der Waals surface area contributed by atoms with Crippen LogP contribution in [0.1, 0.15) is 15.5 Å². The Morgan fingerprint density at radius 3 is 2.82 bits per heavy atom. The zero-order valence-electron chi connectivity index (χ0n) is 9.22. The smallest absolute Gasteiger partial charge is 0.275 e. The third-order valence-corrected chi connectivity index (χ3v) is 3.08. The highest BCUT2D eigenvalue weighted by atomic mass is 32.1. The van der Waals surface area contributed by atoms with Gasteiger partial charge in [-0.1, -0.05) is 18.2 Å². The standard InChI is InChI=1S/C12H13N3OS/c13-7-6-11-15-10(8-17-11)12(16)14-9-4-2-1-3-5-9/h1-5,8H,6-7,13H2,(H,14,16). The molecule has 17 heavy (non-hydrogen) atoms. The van der Waals surface area contributed by atoms with Gasteiger partial charge in [0, 0.05) is 17.5 Å².